The van der Waals surface area contributed by atoms with E-state index in [0.29, 0.717) is 0 Å². The second-order valence-electron chi connectivity index (χ2n) is 4.12. The van der Waals surface area contributed by atoms with Crippen molar-refractivity contribution >= 4 is 32.2 Å². The number of fused-ring (bicyclic) bond motifs is 2. The smallest absolute Gasteiger partial charge is 0.279 e. The van der Waals surface area contributed by atoms with Gasteiger partial charge in [0.15, 0.2) is 0 Å². The summed E-state index contributed by atoms with van der Waals surface area (Å²) in [6.07, 6.45) is 0. The van der Waals surface area contributed by atoms with Gasteiger partial charge in [0.05, 0.1) is 22.1 Å². The molecule has 3 rings (SSSR count). The summed E-state index contributed by atoms with van der Waals surface area (Å²) in [7, 11) is -5.84. The lowest BCUT2D eigenvalue weighted by Crippen LogP contribution is -2.21. The van der Waals surface area contributed by atoms with Crippen LogP contribution in [0, 0.1) is 0 Å². The number of aromatic nitrogens is 2. The zero-order valence-corrected chi connectivity index (χ0v) is 11.6. The van der Waals surface area contributed by atoms with Crippen LogP contribution < -0.4 is 0 Å². The number of alkyl halides is 3. The molecule has 2 aromatic carbocycles. The number of hydrogen-bond acceptors (Lipinski definition) is 4. The van der Waals surface area contributed by atoms with E-state index in [-0.39, 0.29) is 0 Å². The molecule has 0 unspecified atom stereocenters. The standard InChI is InChI=1S/C12H8N2.CHF3O3S/c1-2-6-10-9(5-1)13-11-7-3-4-8-12(11)14-10;2-1(3,4)8(5,6)7/h1-8H;(H,5,6,7). The Morgan fingerprint density at radius 1 is 0.773 bits per heavy atom. The number of rotatable bonds is 0. The van der Waals surface area contributed by atoms with Gasteiger partial charge in [-0.05, 0) is 24.3 Å². The fourth-order valence-electron chi connectivity index (χ4n) is 1.57. The zero-order valence-electron chi connectivity index (χ0n) is 10.8. The Morgan fingerprint density at radius 3 is 1.18 bits per heavy atom. The fraction of sp³-hybridized carbons (Fsp3) is 0.0769. The second-order valence-corrected chi connectivity index (χ2v) is 5.53. The lowest BCUT2D eigenvalue weighted by molar-refractivity contribution is -0.0510. The first-order chi connectivity index (χ1) is 10.2. The van der Waals surface area contributed by atoms with Gasteiger partial charge in [0.2, 0.25) is 0 Å². The molecule has 0 fully saturated rings. The molecule has 1 aromatic heterocycles. The van der Waals surface area contributed by atoms with Crippen LogP contribution in [0.1, 0.15) is 0 Å². The topological polar surface area (TPSA) is 80.2 Å². The van der Waals surface area contributed by atoms with Crippen LogP contribution in [0.15, 0.2) is 48.5 Å². The largest absolute Gasteiger partial charge is 0.522 e. The third kappa shape index (κ3) is 3.68. The number of para-hydroxylation sites is 4. The van der Waals surface area contributed by atoms with E-state index in [9.17, 15) is 13.2 Å². The molecule has 0 atom stereocenters. The third-order valence-corrected chi connectivity index (χ3v) is 3.12. The molecule has 0 aliphatic carbocycles. The summed E-state index contributed by atoms with van der Waals surface area (Å²) in [6.45, 7) is 0. The molecule has 0 amide bonds. The van der Waals surface area contributed by atoms with E-state index in [4.69, 9.17) is 13.0 Å². The predicted molar refractivity (Wildman–Crippen MR) is 74.6 cm³/mol. The highest BCUT2D eigenvalue weighted by Crippen LogP contribution is 2.20. The maximum Gasteiger partial charge on any atom is 0.522 e. The lowest BCUT2D eigenvalue weighted by Gasteiger charge is -1.98. The van der Waals surface area contributed by atoms with Crippen molar-refractivity contribution in [3.63, 3.8) is 0 Å². The Kier molecular flexibility index (Phi) is 4.29. The highest BCUT2D eigenvalue weighted by molar-refractivity contribution is 7.86. The molecule has 1 N–H and O–H groups in total. The predicted octanol–water partition coefficient (Wildman–Crippen LogP) is 3.18. The van der Waals surface area contributed by atoms with Crippen LogP contribution in [0.25, 0.3) is 22.1 Å². The second kappa shape index (κ2) is 5.85. The van der Waals surface area contributed by atoms with E-state index in [1.165, 1.54) is 0 Å². The van der Waals surface area contributed by atoms with Gasteiger partial charge >= 0.3 is 15.6 Å². The maximum atomic E-state index is 10.7. The molecule has 0 saturated heterocycles. The van der Waals surface area contributed by atoms with Crippen LogP contribution in [0.2, 0.25) is 0 Å². The van der Waals surface area contributed by atoms with E-state index in [2.05, 4.69) is 9.97 Å². The molecule has 22 heavy (non-hydrogen) atoms. The highest BCUT2D eigenvalue weighted by atomic mass is 32.2. The van der Waals surface area contributed by atoms with Crippen molar-refractivity contribution in [3.05, 3.63) is 48.5 Å². The van der Waals surface area contributed by atoms with Gasteiger partial charge < -0.3 is 0 Å². The van der Waals surface area contributed by atoms with Gasteiger partial charge in [0.1, 0.15) is 0 Å². The van der Waals surface area contributed by atoms with Gasteiger partial charge in [0.25, 0.3) is 0 Å². The minimum Gasteiger partial charge on any atom is -0.279 e. The molecule has 1 heterocycles. The van der Waals surface area contributed by atoms with Gasteiger partial charge in [0, 0.05) is 0 Å². The molecule has 0 saturated carbocycles. The maximum absolute atomic E-state index is 10.7. The minimum absolute atomic E-state index is 0.950. The van der Waals surface area contributed by atoms with Gasteiger partial charge in [-0.1, -0.05) is 24.3 Å². The zero-order chi connectivity index (χ0) is 16.4. The Hall–Kier alpha value is -2.26. The minimum atomic E-state index is -5.84. The van der Waals surface area contributed by atoms with Gasteiger partial charge in [-0.25, -0.2) is 9.97 Å². The van der Waals surface area contributed by atoms with E-state index in [1.54, 1.807) is 0 Å². The fourth-order valence-corrected chi connectivity index (χ4v) is 1.57. The third-order valence-electron chi connectivity index (χ3n) is 2.54. The van der Waals surface area contributed by atoms with Gasteiger partial charge in [-0.2, -0.15) is 21.6 Å². The summed E-state index contributed by atoms with van der Waals surface area (Å²) in [5, 5.41) is 0. The highest BCUT2D eigenvalue weighted by Gasteiger charge is 2.44. The van der Waals surface area contributed by atoms with Crippen LogP contribution in [-0.4, -0.2) is 28.4 Å². The van der Waals surface area contributed by atoms with Crippen molar-refractivity contribution in [1.82, 2.24) is 9.97 Å². The molecule has 0 radical (unpaired) electrons. The Balaban J connectivity index is 0.000000192. The quantitative estimate of drug-likeness (QED) is 0.389. The first kappa shape index (κ1) is 16.1. The molecule has 0 aliphatic heterocycles. The molecule has 9 heteroatoms. The number of halogens is 3. The number of benzene rings is 2. The van der Waals surface area contributed by atoms with Crippen molar-refractivity contribution in [3.8, 4) is 0 Å². The SMILES string of the molecule is O=S(=O)(O)C(F)(F)F.c1ccc2nc3ccccc3nc2c1. The van der Waals surface area contributed by atoms with E-state index < -0.39 is 15.6 Å². The Labute approximate surface area is 123 Å². The van der Waals surface area contributed by atoms with Crippen molar-refractivity contribution in [1.29, 1.82) is 0 Å². The molecule has 0 spiro atoms. The first-order valence-corrected chi connectivity index (χ1v) is 7.28. The van der Waals surface area contributed by atoms with Crippen LogP contribution >= 0.6 is 0 Å². The summed E-state index contributed by atoms with van der Waals surface area (Å²) in [6, 6.07) is 15.8. The van der Waals surface area contributed by atoms with Crippen molar-refractivity contribution in [2.75, 3.05) is 0 Å². The van der Waals surface area contributed by atoms with Crippen LogP contribution in [0.3, 0.4) is 0 Å². The summed E-state index contributed by atoms with van der Waals surface area (Å²) < 4.78 is 57.5. The molecule has 0 bridgehead atoms. The molecule has 0 aliphatic rings. The number of nitrogens with zero attached hydrogens (tertiary/aromatic N) is 2. The summed E-state index contributed by atoms with van der Waals surface area (Å²) in [5.41, 5.74) is -1.73. The summed E-state index contributed by atoms with van der Waals surface area (Å²) in [5.74, 6) is 0. The van der Waals surface area contributed by atoms with Crippen molar-refractivity contribution in [2.24, 2.45) is 0 Å². The van der Waals surface area contributed by atoms with Crippen LogP contribution in [0.5, 0.6) is 0 Å². The molecule has 5 nitrogen and oxygen atoms in total. The van der Waals surface area contributed by atoms with Crippen molar-refractivity contribution in [2.45, 2.75) is 5.51 Å². The average molecular weight is 330 g/mol. The van der Waals surface area contributed by atoms with E-state index in [1.807, 2.05) is 48.5 Å². The van der Waals surface area contributed by atoms with E-state index >= 15 is 0 Å². The van der Waals surface area contributed by atoms with Gasteiger partial charge in [-0.15, -0.1) is 0 Å². The Morgan fingerprint density at radius 2 is 1.00 bits per heavy atom. The van der Waals surface area contributed by atoms with Crippen LogP contribution in [0.4, 0.5) is 13.2 Å². The molecular weight excluding hydrogens is 321 g/mol. The summed E-state index contributed by atoms with van der Waals surface area (Å²) in [4.78, 5) is 9.03. The lowest BCUT2D eigenvalue weighted by atomic mass is 10.2. The first-order valence-electron chi connectivity index (χ1n) is 5.84. The summed E-state index contributed by atoms with van der Waals surface area (Å²) >= 11 is 0. The van der Waals surface area contributed by atoms with E-state index in [0.717, 1.165) is 22.1 Å². The number of hydrogen-bond donors (Lipinski definition) is 1. The molecular formula is C13H9F3N2O3S. The monoisotopic (exact) mass is 330 g/mol. The normalized spacial score (nSPS) is 12.0. The Bertz CT molecular complexity index is 806. The molecule has 3 aromatic rings. The molecule has 116 valence electrons. The van der Waals surface area contributed by atoms with Crippen LogP contribution in [-0.2, 0) is 10.1 Å². The average Bonchev–Trinajstić information content (AvgIpc) is 2.43. The van der Waals surface area contributed by atoms with Gasteiger partial charge in [-0.3, -0.25) is 4.55 Å². The van der Waals surface area contributed by atoms with Crippen molar-refractivity contribution < 1.29 is 26.1 Å².